The van der Waals surface area contributed by atoms with Gasteiger partial charge in [-0.2, -0.15) is 5.10 Å². The number of carbonyl (C=O) groups is 1. The van der Waals surface area contributed by atoms with Gasteiger partial charge in [0.2, 0.25) is 0 Å². The SMILES string of the molecule is O=C(NCCOc1ccc(F)c(F)c1)c1ccn(C2CCCNC2)n1. The summed E-state index contributed by atoms with van der Waals surface area (Å²) >= 11 is 0. The number of rotatable bonds is 6. The minimum absolute atomic E-state index is 0.143. The first-order valence-corrected chi connectivity index (χ1v) is 8.25. The van der Waals surface area contributed by atoms with E-state index in [-0.39, 0.29) is 30.9 Å². The molecule has 1 saturated heterocycles. The van der Waals surface area contributed by atoms with E-state index in [0.717, 1.165) is 38.1 Å². The Morgan fingerprint density at radius 1 is 1.36 bits per heavy atom. The number of hydrogen-bond acceptors (Lipinski definition) is 4. The van der Waals surface area contributed by atoms with Gasteiger partial charge in [-0.15, -0.1) is 0 Å². The molecule has 134 valence electrons. The molecule has 1 aliphatic heterocycles. The van der Waals surface area contributed by atoms with E-state index in [0.29, 0.717) is 5.69 Å². The molecule has 3 rings (SSSR count). The molecule has 0 aliphatic carbocycles. The van der Waals surface area contributed by atoms with Crippen LogP contribution in [0.15, 0.2) is 30.5 Å². The Bertz CT molecular complexity index is 729. The van der Waals surface area contributed by atoms with E-state index >= 15 is 0 Å². The van der Waals surface area contributed by atoms with Gasteiger partial charge in [0.25, 0.3) is 5.91 Å². The Kier molecular flexibility index (Phi) is 5.60. The number of piperidine rings is 1. The Balaban J connectivity index is 1.44. The minimum Gasteiger partial charge on any atom is -0.492 e. The summed E-state index contributed by atoms with van der Waals surface area (Å²) < 4.78 is 33.0. The predicted octanol–water partition coefficient (Wildman–Crippen LogP) is 1.89. The number of nitrogens with one attached hydrogen (secondary N) is 2. The number of halogens is 2. The standard InChI is InChI=1S/C17H20F2N4O2/c18-14-4-3-13(10-15(14)19)25-9-7-21-17(24)16-5-8-23(22-16)12-2-1-6-20-11-12/h3-5,8,10,12,20H,1-2,6-7,9,11H2,(H,21,24). The fourth-order valence-electron chi connectivity index (χ4n) is 2.71. The van der Waals surface area contributed by atoms with Crippen LogP contribution in [0.25, 0.3) is 0 Å². The normalized spacial score (nSPS) is 17.3. The van der Waals surface area contributed by atoms with Gasteiger partial charge in [0.1, 0.15) is 18.1 Å². The van der Waals surface area contributed by atoms with Crippen LogP contribution in [-0.4, -0.2) is 41.9 Å². The topological polar surface area (TPSA) is 68.2 Å². The van der Waals surface area contributed by atoms with Crippen LogP contribution in [-0.2, 0) is 0 Å². The van der Waals surface area contributed by atoms with Crippen molar-refractivity contribution in [2.24, 2.45) is 0 Å². The third-order valence-electron chi connectivity index (χ3n) is 4.03. The van der Waals surface area contributed by atoms with Gasteiger partial charge in [0.05, 0.1) is 12.6 Å². The first kappa shape index (κ1) is 17.3. The number of hydrogen-bond donors (Lipinski definition) is 2. The summed E-state index contributed by atoms with van der Waals surface area (Å²) in [7, 11) is 0. The molecule has 2 aromatic rings. The number of ether oxygens (including phenoxy) is 1. The van der Waals surface area contributed by atoms with Crippen molar-refractivity contribution < 1.29 is 18.3 Å². The molecule has 1 aliphatic rings. The number of carbonyl (C=O) groups excluding carboxylic acids is 1. The first-order chi connectivity index (χ1) is 12.1. The predicted molar refractivity (Wildman–Crippen MR) is 87.6 cm³/mol. The average Bonchev–Trinajstić information content (AvgIpc) is 3.12. The fourth-order valence-corrected chi connectivity index (χ4v) is 2.71. The molecule has 0 saturated carbocycles. The zero-order valence-electron chi connectivity index (χ0n) is 13.7. The fraction of sp³-hybridized carbons (Fsp3) is 0.412. The zero-order chi connectivity index (χ0) is 17.6. The molecule has 0 bridgehead atoms. The van der Waals surface area contributed by atoms with Gasteiger partial charge in [-0.25, -0.2) is 8.78 Å². The molecule has 1 aromatic carbocycles. The largest absolute Gasteiger partial charge is 0.492 e. The molecule has 1 aromatic heterocycles. The molecular formula is C17H20F2N4O2. The summed E-state index contributed by atoms with van der Waals surface area (Å²) in [5.74, 6) is -1.98. The van der Waals surface area contributed by atoms with Crippen molar-refractivity contribution in [3.05, 3.63) is 47.8 Å². The third kappa shape index (κ3) is 4.54. The molecule has 2 heterocycles. The van der Waals surface area contributed by atoms with Crippen molar-refractivity contribution in [2.75, 3.05) is 26.2 Å². The molecule has 0 spiro atoms. The Morgan fingerprint density at radius 2 is 2.24 bits per heavy atom. The van der Waals surface area contributed by atoms with E-state index in [4.69, 9.17) is 4.74 Å². The Labute approximate surface area is 144 Å². The molecule has 1 atom stereocenters. The van der Waals surface area contributed by atoms with Crippen molar-refractivity contribution in [1.29, 1.82) is 0 Å². The molecule has 8 heteroatoms. The molecule has 25 heavy (non-hydrogen) atoms. The monoisotopic (exact) mass is 350 g/mol. The van der Waals surface area contributed by atoms with Gasteiger partial charge in [-0.3, -0.25) is 9.48 Å². The highest BCUT2D eigenvalue weighted by Gasteiger charge is 2.17. The lowest BCUT2D eigenvalue weighted by Crippen LogP contribution is -2.32. The number of amides is 1. The zero-order valence-corrected chi connectivity index (χ0v) is 13.7. The van der Waals surface area contributed by atoms with Gasteiger partial charge >= 0.3 is 0 Å². The second-order valence-corrected chi connectivity index (χ2v) is 5.86. The Hall–Kier alpha value is -2.48. The van der Waals surface area contributed by atoms with Crippen LogP contribution in [0.4, 0.5) is 8.78 Å². The van der Waals surface area contributed by atoms with Crippen LogP contribution in [0.2, 0.25) is 0 Å². The lowest BCUT2D eigenvalue weighted by molar-refractivity contribution is 0.0940. The summed E-state index contributed by atoms with van der Waals surface area (Å²) in [6.45, 7) is 2.24. The number of benzene rings is 1. The van der Waals surface area contributed by atoms with Gasteiger partial charge in [0.15, 0.2) is 11.6 Å². The second kappa shape index (κ2) is 8.06. The van der Waals surface area contributed by atoms with Crippen LogP contribution < -0.4 is 15.4 Å². The molecule has 1 amide bonds. The summed E-state index contributed by atoms with van der Waals surface area (Å²) in [6.07, 6.45) is 3.94. The summed E-state index contributed by atoms with van der Waals surface area (Å²) in [5.41, 5.74) is 0.346. The minimum atomic E-state index is -0.968. The molecular weight excluding hydrogens is 330 g/mol. The van der Waals surface area contributed by atoms with Crippen LogP contribution >= 0.6 is 0 Å². The quantitative estimate of drug-likeness (QED) is 0.781. The van der Waals surface area contributed by atoms with E-state index in [1.54, 1.807) is 6.07 Å². The van der Waals surface area contributed by atoms with Crippen LogP contribution in [0.1, 0.15) is 29.4 Å². The van der Waals surface area contributed by atoms with Gasteiger partial charge < -0.3 is 15.4 Å². The van der Waals surface area contributed by atoms with Crippen molar-refractivity contribution >= 4 is 5.91 Å². The first-order valence-electron chi connectivity index (χ1n) is 8.25. The average molecular weight is 350 g/mol. The molecule has 1 unspecified atom stereocenters. The molecule has 2 N–H and O–H groups in total. The summed E-state index contributed by atoms with van der Waals surface area (Å²) in [6, 6.07) is 5.25. The number of aromatic nitrogens is 2. The summed E-state index contributed by atoms with van der Waals surface area (Å²) in [4.78, 5) is 12.1. The van der Waals surface area contributed by atoms with E-state index in [1.165, 1.54) is 6.07 Å². The van der Waals surface area contributed by atoms with Crippen molar-refractivity contribution in [3.8, 4) is 5.75 Å². The van der Waals surface area contributed by atoms with Gasteiger partial charge in [-0.05, 0) is 37.6 Å². The molecule has 0 radical (unpaired) electrons. The van der Waals surface area contributed by atoms with Gasteiger partial charge in [0, 0.05) is 18.8 Å². The van der Waals surface area contributed by atoms with Crippen molar-refractivity contribution in [1.82, 2.24) is 20.4 Å². The highest BCUT2D eigenvalue weighted by atomic mass is 19.2. The van der Waals surface area contributed by atoms with Crippen molar-refractivity contribution in [2.45, 2.75) is 18.9 Å². The van der Waals surface area contributed by atoms with E-state index in [2.05, 4.69) is 15.7 Å². The lowest BCUT2D eigenvalue weighted by atomic mass is 10.1. The van der Waals surface area contributed by atoms with E-state index in [1.807, 2.05) is 10.9 Å². The smallest absolute Gasteiger partial charge is 0.271 e. The maximum Gasteiger partial charge on any atom is 0.271 e. The Morgan fingerprint density at radius 3 is 3.00 bits per heavy atom. The van der Waals surface area contributed by atoms with Gasteiger partial charge in [-0.1, -0.05) is 0 Å². The maximum absolute atomic E-state index is 13.1. The highest BCUT2D eigenvalue weighted by Crippen LogP contribution is 2.16. The van der Waals surface area contributed by atoms with Crippen LogP contribution in [0.5, 0.6) is 5.75 Å². The number of nitrogens with zero attached hydrogens (tertiary/aromatic N) is 2. The molecule has 1 fully saturated rings. The third-order valence-corrected chi connectivity index (χ3v) is 4.03. The second-order valence-electron chi connectivity index (χ2n) is 5.86. The maximum atomic E-state index is 13.1. The van der Waals surface area contributed by atoms with Crippen LogP contribution in [0.3, 0.4) is 0 Å². The van der Waals surface area contributed by atoms with Crippen LogP contribution in [0, 0.1) is 11.6 Å². The summed E-state index contributed by atoms with van der Waals surface area (Å²) in [5, 5.41) is 10.3. The van der Waals surface area contributed by atoms with Crippen molar-refractivity contribution in [3.63, 3.8) is 0 Å². The molecule has 6 nitrogen and oxygen atoms in total. The lowest BCUT2D eigenvalue weighted by Gasteiger charge is -2.22. The highest BCUT2D eigenvalue weighted by molar-refractivity contribution is 5.92. The van der Waals surface area contributed by atoms with E-state index in [9.17, 15) is 13.6 Å². The van der Waals surface area contributed by atoms with E-state index < -0.39 is 11.6 Å².